The van der Waals surface area contributed by atoms with Crippen LogP contribution in [0.2, 0.25) is 0 Å². The fourth-order valence-electron chi connectivity index (χ4n) is 2.00. The first-order valence-corrected chi connectivity index (χ1v) is 6.05. The number of aliphatic hydroxyl groups is 1. The van der Waals surface area contributed by atoms with Crippen molar-refractivity contribution < 1.29 is 5.11 Å². The Morgan fingerprint density at radius 1 is 1.47 bits per heavy atom. The summed E-state index contributed by atoms with van der Waals surface area (Å²) in [7, 11) is 0. The van der Waals surface area contributed by atoms with Crippen LogP contribution < -0.4 is 10.6 Å². The molecular formula is C12H26N2O. The minimum atomic E-state index is -0.271. The van der Waals surface area contributed by atoms with Crippen LogP contribution >= 0.6 is 0 Å². The zero-order valence-electron chi connectivity index (χ0n) is 10.5. The maximum Gasteiger partial charge on any atom is 0.0817 e. The lowest BCUT2D eigenvalue weighted by atomic mass is 9.91. The van der Waals surface area contributed by atoms with Gasteiger partial charge in [0, 0.05) is 18.1 Å². The van der Waals surface area contributed by atoms with Gasteiger partial charge in [-0.25, -0.2) is 0 Å². The van der Waals surface area contributed by atoms with E-state index in [1.54, 1.807) is 0 Å². The smallest absolute Gasteiger partial charge is 0.0817 e. The van der Waals surface area contributed by atoms with Crippen molar-refractivity contribution in [3.8, 4) is 0 Å². The summed E-state index contributed by atoms with van der Waals surface area (Å²) in [6, 6.07) is 0.267. The van der Waals surface area contributed by atoms with Gasteiger partial charge in [0.25, 0.3) is 0 Å². The van der Waals surface area contributed by atoms with Crippen molar-refractivity contribution in [3.63, 3.8) is 0 Å². The number of nitrogens with one attached hydrogen (secondary N) is 2. The van der Waals surface area contributed by atoms with Gasteiger partial charge in [-0.1, -0.05) is 6.92 Å². The quantitative estimate of drug-likeness (QED) is 0.660. The van der Waals surface area contributed by atoms with E-state index in [4.69, 9.17) is 0 Å². The van der Waals surface area contributed by atoms with E-state index in [1.165, 1.54) is 6.42 Å². The minimum absolute atomic E-state index is 0.0846. The second-order valence-corrected chi connectivity index (χ2v) is 5.89. The highest BCUT2D eigenvalue weighted by Crippen LogP contribution is 2.17. The molecule has 0 radical (unpaired) electrons. The Bertz CT molecular complexity index is 189. The molecule has 0 bridgehead atoms. The van der Waals surface area contributed by atoms with Crippen LogP contribution in [-0.4, -0.2) is 35.9 Å². The molecule has 0 aromatic carbocycles. The second kappa shape index (κ2) is 5.28. The fraction of sp³-hybridized carbons (Fsp3) is 1.00. The Balaban J connectivity index is 2.29. The Morgan fingerprint density at radius 3 is 2.67 bits per heavy atom. The van der Waals surface area contributed by atoms with Gasteiger partial charge in [0.1, 0.15) is 0 Å². The van der Waals surface area contributed by atoms with Crippen molar-refractivity contribution in [1.82, 2.24) is 10.6 Å². The molecule has 1 rings (SSSR count). The van der Waals surface area contributed by atoms with Gasteiger partial charge in [-0.15, -0.1) is 0 Å². The molecule has 0 spiro atoms. The fourth-order valence-corrected chi connectivity index (χ4v) is 2.00. The van der Waals surface area contributed by atoms with E-state index in [2.05, 4.69) is 38.3 Å². The third kappa shape index (κ3) is 4.96. The summed E-state index contributed by atoms with van der Waals surface area (Å²) in [5.74, 6) is 0.737. The van der Waals surface area contributed by atoms with E-state index >= 15 is 0 Å². The SMILES string of the molecule is CC1CCNC(C(O)CNC(C)(C)C)C1. The van der Waals surface area contributed by atoms with Crippen molar-refractivity contribution in [2.24, 2.45) is 5.92 Å². The van der Waals surface area contributed by atoms with Crippen LogP contribution in [0.4, 0.5) is 0 Å². The van der Waals surface area contributed by atoms with Crippen molar-refractivity contribution in [2.75, 3.05) is 13.1 Å². The van der Waals surface area contributed by atoms with Gasteiger partial charge in [0.05, 0.1) is 6.10 Å². The maximum atomic E-state index is 10.0. The first-order chi connectivity index (χ1) is 6.88. The van der Waals surface area contributed by atoms with Crippen molar-refractivity contribution in [1.29, 1.82) is 0 Å². The summed E-state index contributed by atoms with van der Waals surface area (Å²) in [6.07, 6.45) is 2.05. The molecule has 0 aliphatic carbocycles. The molecule has 0 amide bonds. The van der Waals surface area contributed by atoms with Crippen molar-refractivity contribution in [2.45, 2.75) is 58.2 Å². The van der Waals surface area contributed by atoms with Crippen LogP contribution in [-0.2, 0) is 0 Å². The number of hydrogen-bond acceptors (Lipinski definition) is 3. The molecule has 0 aromatic rings. The van der Waals surface area contributed by atoms with Crippen molar-refractivity contribution >= 4 is 0 Å². The molecule has 3 atom stereocenters. The summed E-state index contributed by atoms with van der Waals surface area (Å²) in [6.45, 7) is 10.3. The van der Waals surface area contributed by atoms with E-state index in [0.29, 0.717) is 6.54 Å². The molecule has 0 saturated carbocycles. The summed E-state index contributed by atoms with van der Waals surface area (Å²) in [5, 5.41) is 16.8. The molecule has 15 heavy (non-hydrogen) atoms. The standard InChI is InChI=1S/C12H26N2O/c1-9-5-6-13-10(7-9)11(15)8-14-12(2,3)4/h9-11,13-15H,5-8H2,1-4H3. The highest BCUT2D eigenvalue weighted by atomic mass is 16.3. The third-order valence-corrected chi connectivity index (χ3v) is 3.01. The Labute approximate surface area is 93.6 Å². The molecule has 1 saturated heterocycles. The number of hydrogen-bond donors (Lipinski definition) is 3. The Kier molecular flexibility index (Phi) is 4.56. The lowest BCUT2D eigenvalue weighted by Crippen LogP contribution is -2.51. The van der Waals surface area contributed by atoms with Crippen LogP contribution in [0.5, 0.6) is 0 Å². The molecule has 90 valence electrons. The summed E-state index contributed by atoms with van der Waals surface area (Å²) >= 11 is 0. The predicted octanol–water partition coefficient (Wildman–Crippen LogP) is 1.12. The zero-order valence-corrected chi connectivity index (χ0v) is 10.5. The largest absolute Gasteiger partial charge is 0.390 e. The average Bonchev–Trinajstić information content (AvgIpc) is 2.13. The van der Waals surface area contributed by atoms with Gasteiger partial charge in [0.15, 0.2) is 0 Å². The second-order valence-electron chi connectivity index (χ2n) is 5.89. The normalized spacial score (nSPS) is 30.2. The van der Waals surface area contributed by atoms with E-state index < -0.39 is 0 Å². The van der Waals surface area contributed by atoms with Crippen LogP contribution in [0, 0.1) is 5.92 Å². The topological polar surface area (TPSA) is 44.3 Å². The Hall–Kier alpha value is -0.120. The molecule has 0 aromatic heterocycles. The number of piperidine rings is 1. The molecule has 3 N–H and O–H groups in total. The first-order valence-electron chi connectivity index (χ1n) is 6.05. The van der Waals surface area contributed by atoms with Crippen LogP contribution in [0.25, 0.3) is 0 Å². The van der Waals surface area contributed by atoms with Crippen LogP contribution in [0.3, 0.4) is 0 Å². The lowest BCUT2D eigenvalue weighted by molar-refractivity contribution is 0.0938. The predicted molar refractivity (Wildman–Crippen MR) is 64.0 cm³/mol. The van der Waals surface area contributed by atoms with E-state index in [-0.39, 0.29) is 17.7 Å². The van der Waals surface area contributed by atoms with Gasteiger partial charge in [-0.3, -0.25) is 0 Å². The van der Waals surface area contributed by atoms with Gasteiger partial charge >= 0.3 is 0 Å². The molecule has 1 aliphatic heterocycles. The highest BCUT2D eigenvalue weighted by molar-refractivity contribution is 4.85. The Morgan fingerprint density at radius 2 is 2.13 bits per heavy atom. The van der Waals surface area contributed by atoms with E-state index in [1.807, 2.05) is 0 Å². The van der Waals surface area contributed by atoms with E-state index in [0.717, 1.165) is 18.9 Å². The van der Waals surface area contributed by atoms with Gasteiger partial charge < -0.3 is 15.7 Å². The number of aliphatic hydroxyl groups excluding tert-OH is 1. The zero-order chi connectivity index (χ0) is 11.5. The van der Waals surface area contributed by atoms with Crippen LogP contribution in [0.1, 0.15) is 40.5 Å². The third-order valence-electron chi connectivity index (χ3n) is 3.01. The summed E-state index contributed by atoms with van der Waals surface area (Å²) in [5.41, 5.74) is 0.0846. The molecule has 3 unspecified atom stereocenters. The first kappa shape index (κ1) is 12.9. The van der Waals surface area contributed by atoms with Crippen molar-refractivity contribution in [3.05, 3.63) is 0 Å². The minimum Gasteiger partial charge on any atom is -0.390 e. The van der Waals surface area contributed by atoms with Crippen LogP contribution in [0.15, 0.2) is 0 Å². The monoisotopic (exact) mass is 214 g/mol. The van der Waals surface area contributed by atoms with Gasteiger partial charge in [-0.2, -0.15) is 0 Å². The number of rotatable bonds is 3. The molecule has 1 aliphatic rings. The maximum absolute atomic E-state index is 10.0. The van der Waals surface area contributed by atoms with Gasteiger partial charge in [-0.05, 0) is 46.1 Å². The van der Waals surface area contributed by atoms with Gasteiger partial charge in [0.2, 0.25) is 0 Å². The summed E-state index contributed by atoms with van der Waals surface area (Å²) < 4.78 is 0. The molecular weight excluding hydrogens is 188 g/mol. The molecule has 3 heteroatoms. The lowest BCUT2D eigenvalue weighted by Gasteiger charge is -2.33. The molecule has 1 fully saturated rings. The molecule has 3 nitrogen and oxygen atoms in total. The number of β-amino-alcohol motifs (C(OH)–C–C–N with tert-alkyl or cyclic N) is 1. The van der Waals surface area contributed by atoms with E-state index in [9.17, 15) is 5.11 Å². The molecule has 1 heterocycles. The average molecular weight is 214 g/mol. The summed E-state index contributed by atoms with van der Waals surface area (Å²) in [4.78, 5) is 0. The highest BCUT2D eigenvalue weighted by Gasteiger charge is 2.25.